The number of nitrogens with zero attached hydrogens (tertiary/aromatic N) is 2. The number of hydrogen-bond acceptors (Lipinski definition) is 5. The first-order chi connectivity index (χ1) is 11.4. The van der Waals surface area contributed by atoms with Gasteiger partial charge in [0.05, 0.1) is 10.8 Å². The van der Waals surface area contributed by atoms with Crippen LogP contribution in [-0.2, 0) is 18.9 Å². The van der Waals surface area contributed by atoms with Gasteiger partial charge in [-0.05, 0) is 26.2 Å². The van der Waals surface area contributed by atoms with Crippen LogP contribution in [0.5, 0.6) is 0 Å². The number of aromatic nitrogens is 2. The molecule has 0 unspecified atom stereocenters. The van der Waals surface area contributed by atoms with Crippen molar-refractivity contribution in [1.29, 1.82) is 0 Å². The molecule has 0 bridgehead atoms. The Kier molecular flexibility index (Phi) is 6.10. The highest BCUT2D eigenvalue weighted by Crippen LogP contribution is 2.32. The Morgan fingerprint density at radius 1 is 1.29 bits per heavy atom. The van der Waals surface area contributed by atoms with Crippen LogP contribution in [-0.4, -0.2) is 20.7 Å². The van der Waals surface area contributed by atoms with Gasteiger partial charge in [-0.25, -0.2) is 4.79 Å². The van der Waals surface area contributed by atoms with Crippen LogP contribution in [0.4, 0.5) is 5.69 Å². The molecule has 0 amide bonds. The average Bonchev–Trinajstić information content (AvgIpc) is 3.41. The maximum Gasteiger partial charge on any atom is 0.330 e. The molecule has 0 saturated heterocycles. The Morgan fingerprint density at radius 2 is 1.96 bits per heavy atom. The largest absolute Gasteiger partial charge is 0.345 e. The van der Waals surface area contributed by atoms with Gasteiger partial charge >= 0.3 is 5.69 Å². The minimum Gasteiger partial charge on any atom is -0.345 e. The zero-order valence-electron chi connectivity index (χ0n) is 14.7. The zero-order chi connectivity index (χ0) is 17.9. The lowest BCUT2D eigenvalue weighted by Gasteiger charge is -2.15. The summed E-state index contributed by atoms with van der Waals surface area (Å²) in [6.07, 6.45) is 5.85. The van der Waals surface area contributed by atoms with Crippen LogP contribution in [0.15, 0.2) is 20.7 Å². The number of anilines is 1. The molecule has 1 aromatic rings. The van der Waals surface area contributed by atoms with E-state index in [0.29, 0.717) is 17.1 Å². The molecular weight excluding hydrogens is 326 g/mol. The normalized spacial score (nSPS) is 14.8. The Bertz CT molecular complexity index is 773. The maximum absolute atomic E-state index is 12.4. The molecule has 1 aromatic heterocycles. The molecule has 132 valence electrons. The molecular formula is C17H25N3O3S. The van der Waals surface area contributed by atoms with Crippen molar-refractivity contribution in [3.63, 3.8) is 0 Å². The SMILES string of the molecule is CCC/C=C(/Nc1c(C)n(C)c(=O)n(C)c1=O)SCC(=O)C1CC1. The van der Waals surface area contributed by atoms with Crippen molar-refractivity contribution in [1.82, 2.24) is 9.13 Å². The Morgan fingerprint density at radius 3 is 2.54 bits per heavy atom. The third kappa shape index (κ3) is 4.20. The van der Waals surface area contributed by atoms with E-state index in [1.807, 2.05) is 6.08 Å². The van der Waals surface area contributed by atoms with Gasteiger partial charge < -0.3 is 5.32 Å². The van der Waals surface area contributed by atoms with E-state index in [1.165, 1.54) is 23.4 Å². The lowest BCUT2D eigenvalue weighted by Crippen LogP contribution is -2.39. The van der Waals surface area contributed by atoms with Gasteiger partial charge in [-0.3, -0.25) is 18.7 Å². The summed E-state index contributed by atoms with van der Waals surface area (Å²) >= 11 is 1.43. The topological polar surface area (TPSA) is 73.1 Å². The van der Waals surface area contributed by atoms with Crippen LogP contribution < -0.4 is 16.6 Å². The number of allylic oxidation sites excluding steroid dienone is 1. The standard InChI is InChI=1S/C17H25N3O3S/c1-5-6-7-14(24-10-13(21)12-8-9-12)18-15-11(2)19(3)17(23)20(4)16(15)22/h7,12,18H,5-6,8-10H2,1-4H3/b14-7-. The highest BCUT2D eigenvalue weighted by molar-refractivity contribution is 8.03. The van der Waals surface area contributed by atoms with Gasteiger partial charge in [0.1, 0.15) is 11.5 Å². The Balaban J connectivity index is 2.24. The second-order valence-electron chi connectivity index (χ2n) is 6.18. The molecule has 0 atom stereocenters. The van der Waals surface area contributed by atoms with Gasteiger partial charge in [0.2, 0.25) is 0 Å². The van der Waals surface area contributed by atoms with Crippen molar-refractivity contribution >= 4 is 23.2 Å². The van der Waals surface area contributed by atoms with E-state index < -0.39 is 0 Å². The van der Waals surface area contributed by atoms with Crippen molar-refractivity contribution in [3.05, 3.63) is 37.6 Å². The molecule has 6 nitrogen and oxygen atoms in total. The first-order valence-corrected chi connectivity index (χ1v) is 9.24. The first-order valence-electron chi connectivity index (χ1n) is 8.26. The highest BCUT2D eigenvalue weighted by Gasteiger charge is 2.29. The predicted molar refractivity (Wildman–Crippen MR) is 98.5 cm³/mol. The van der Waals surface area contributed by atoms with Crippen LogP contribution in [0.1, 0.15) is 38.3 Å². The fourth-order valence-corrected chi connectivity index (χ4v) is 3.25. The summed E-state index contributed by atoms with van der Waals surface area (Å²) in [6.45, 7) is 3.81. The molecule has 0 radical (unpaired) electrons. The molecule has 1 heterocycles. The highest BCUT2D eigenvalue weighted by atomic mass is 32.2. The van der Waals surface area contributed by atoms with Gasteiger partial charge in [0.25, 0.3) is 5.56 Å². The van der Waals surface area contributed by atoms with Crippen molar-refractivity contribution in [2.45, 2.75) is 39.5 Å². The van der Waals surface area contributed by atoms with E-state index in [-0.39, 0.29) is 23.0 Å². The summed E-state index contributed by atoms with van der Waals surface area (Å²) in [5, 5.41) is 3.95. The minimum atomic E-state index is -0.355. The number of carbonyl (C=O) groups is 1. The third-order valence-corrected chi connectivity index (χ3v) is 5.24. The van der Waals surface area contributed by atoms with Crippen molar-refractivity contribution in [2.75, 3.05) is 11.1 Å². The summed E-state index contributed by atoms with van der Waals surface area (Å²) in [4.78, 5) is 36.3. The van der Waals surface area contributed by atoms with Gasteiger partial charge in [0, 0.05) is 25.7 Å². The Labute approximate surface area is 145 Å². The summed E-state index contributed by atoms with van der Waals surface area (Å²) < 4.78 is 2.54. The summed E-state index contributed by atoms with van der Waals surface area (Å²) in [5.41, 5.74) is 0.263. The smallest absolute Gasteiger partial charge is 0.330 e. The lowest BCUT2D eigenvalue weighted by atomic mass is 10.3. The second kappa shape index (κ2) is 7.88. The summed E-state index contributed by atoms with van der Waals surface area (Å²) in [7, 11) is 3.11. The number of carbonyl (C=O) groups excluding carboxylic acids is 1. The van der Waals surface area contributed by atoms with E-state index in [9.17, 15) is 14.4 Å². The summed E-state index contributed by atoms with van der Waals surface area (Å²) in [6, 6.07) is 0. The van der Waals surface area contributed by atoms with E-state index in [4.69, 9.17) is 0 Å². The number of nitrogens with one attached hydrogen (secondary N) is 1. The molecule has 1 N–H and O–H groups in total. The molecule has 2 rings (SSSR count). The number of unbranched alkanes of at least 4 members (excludes halogenated alkanes) is 1. The fraction of sp³-hybridized carbons (Fsp3) is 0.588. The molecule has 0 spiro atoms. The Hall–Kier alpha value is -1.76. The molecule has 7 heteroatoms. The van der Waals surface area contributed by atoms with E-state index in [2.05, 4.69) is 12.2 Å². The van der Waals surface area contributed by atoms with Gasteiger partial charge in [-0.15, -0.1) is 11.8 Å². The molecule has 0 aliphatic heterocycles. The number of Topliss-reactive ketones (excluding diaryl/α,β-unsaturated/α-hetero) is 1. The van der Waals surface area contributed by atoms with E-state index in [1.54, 1.807) is 14.0 Å². The molecule has 1 aliphatic carbocycles. The fourth-order valence-electron chi connectivity index (χ4n) is 2.31. The van der Waals surface area contributed by atoms with Crippen molar-refractivity contribution < 1.29 is 4.79 Å². The minimum absolute atomic E-state index is 0.233. The number of rotatable bonds is 8. The van der Waals surface area contributed by atoms with Crippen LogP contribution in [0.3, 0.4) is 0 Å². The molecule has 1 fully saturated rings. The molecule has 24 heavy (non-hydrogen) atoms. The van der Waals surface area contributed by atoms with Crippen LogP contribution in [0.2, 0.25) is 0 Å². The predicted octanol–water partition coefficient (Wildman–Crippen LogP) is 2.16. The van der Waals surface area contributed by atoms with Crippen LogP contribution in [0, 0.1) is 12.8 Å². The molecule has 1 aliphatic rings. The quantitative estimate of drug-likeness (QED) is 0.777. The zero-order valence-corrected chi connectivity index (χ0v) is 15.5. The lowest BCUT2D eigenvalue weighted by molar-refractivity contribution is -0.117. The van der Waals surface area contributed by atoms with Crippen molar-refractivity contribution in [2.24, 2.45) is 20.0 Å². The monoisotopic (exact) mass is 351 g/mol. The molecule has 1 saturated carbocycles. The van der Waals surface area contributed by atoms with E-state index >= 15 is 0 Å². The second-order valence-corrected chi connectivity index (χ2v) is 7.19. The summed E-state index contributed by atoms with van der Waals surface area (Å²) in [5.74, 6) is 0.921. The number of hydrogen-bond donors (Lipinski definition) is 1. The van der Waals surface area contributed by atoms with Crippen molar-refractivity contribution in [3.8, 4) is 0 Å². The van der Waals surface area contributed by atoms with Gasteiger partial charge in [0.15, 0.2) is 0 Å². The third-order valence-electron chi connectivity index (χ3n) is 4.23. The number of ketones is 1. The van der Waals surface area contributed by atoms with Gasteiger partial charge in [-0.2, -0.15) is 0 Å². The number of thioether (sulfide) groups is 1. The average molecular weight is 351 g/mol. The van der Waals surface area contributed by atoms with E-state index in [0.717, 1.165) is 35.3 Å². The molecule has 0 aromatic carbocycles. The maximum atomic E-state index is 12.4. The first kappa shape index (κ1) is 18.6. The van der Waals surface area contributed by atoms with Gasteiger partial charge in [-0.1, -0.05) is 19.4 Å². The van der Waals surface area contributed by atoms with Crippen LogP contribution >= 0.6 is 11.8 Å². The van der Waals surface area contributed by atoms with Crippen LogP contribution in [0.25, 0.3) is 0 Å².